The van der Waals surface area contributed by atoms with E-state index >= 15 is 4.39 Å². The van der Waals surface area contributed by atoms with Crippen LogP contribution in [0.2, 0.25) is 5.02 Å². The molecule has 4 aliphatic rings. The Bertz CT molecular complexity index is 1790. The number of Topliss-reactive ketones (excluding diaryl/α,β-unsaturated/α-hetero) is 1. The molecule has 0 aliphatic carbocycles. The molecule has 4 N–H and O–H groups in total. The molecule has 0 spiro atoms. The quantitative estimate of drug-likeness (QED) is 0.203. The number of carbonyl (C=O) groups is 1. The van der Waals surface area contributed by atoms with Gasteiger partial charge in [0, 0.05) is 43.6 Å². The van der Waals surface area contributed by atoms with Crippen molar-refractivity contribution < 1.29 is 49.4 Å². The molecule has 3 atom stereocenters. The zero-order valence-corrected chi connectivity index (χ0v) is 28.1. The van der Waals surface area contributed by atoms with Gasteiger partial charge in [-0.05, 0) is 31.9 Å². The number of nitrogen functional groups attached to an aromatic ring is 1. The van der Waals surface area contributed by atoms with Crippen LogP contribution in [0.5, 0.6) is 6.01 Å². The van der Waals surface area contributed by atoms with Gasteiger partial charge in [-0.2, -0.15) is 36.3 Å². The van der Waals surface area contributed by atoms with Crippen LogP contribution in [0.15, 0.2) is 21.8 Å². The summed E-state index contributed by atoms with van der Waals surface area (Å²) in [5, 5.41) is -1.54. The van der Waals surface area contributed by atoms with E-state index in [1.54, 1.807) is 4.90 Å². The van der Waals surface area contributed by atoms with Crippen LogP contribution in [0.1, 0.15) is 54.2 Å². The fraction of sp³-hybridized carbons (Fsp3) is 0.548. The molecule has 2 saturated heterocycles. The molecule has 51 heavy (non-hydrogen) atoms. The molecule has 0 saturated carbocycles. The fourth-order valence-corrected chi connectivity index (χ4v) is 7.69. The van der Waals surface area contributed by atoms with E-state index < -0.39 is 87.4 Å². The number of benzene rings is 1. The Morgan fingerprint density at radius 1 is 1.16 bits per heavy atom. The van der Waals surface area contributed by atoms with E-state index in [2.05, 4.69) is 15.0 Å². The Hall–Kier alpha value is -3.48. The second-order valence-corrected chi connectivity index (χ2v) is 13.6. The number of hydrogen-bond donors (Lipinski definition) is 2. The van der Waals surface area contributed by atoms with Gasteiger partial charge >= 0.3 is 18.4 Å². The molecule has 0 bridgehead atoms. The van der Waals surface area contributed by atoms with Gasteiger partial charge in [0.15, 0.2) is 5.82 Å². The second kappa shape index (κ2) is 13.8. The first-order chi connectivity index (χ1) is 23.9. The number of allylic oxidation sites excluding steroid dienone is 1. The maximum absolute atomic E-state index is 15.4. The predicted octanol–water partition coefficient (Wildman–Crippen LogP) is 5.83. The third-order valence-corrected chi connectivity index (χ3v) is 10.2. The van der Waals surface area contributed by atoms with Gasteiger partial charge < -0.3 is 25.8 Å². The molecular formula is C31H31Cl2F8N7O3. The van der Waals surface area contributed by atoms with Crippen molar-refractivity contribution in [1.29, 1.82) is 0 Å². The number of hydrogen-bond acceptors (Lipinski definition) is 10. The third-order valence-electron chi connectivity index (χ3n) is 9.50. The second-order valence-electron chi connectivity index (χ2n) is 12.8. The summed E-state index contributed by atoms with van der Waals surface area (Å²) in [4.78, 5) is 28.7. The summed E-state index contributed by atoms with van der Waals surface area (Å²) < 4.78 is 124. The lowest BCUT2D eigenvalue weighted by molar-refractivity contribution is -0.166. The molecule has 20 heteroatoms. The number of ketones is 1. The van der Waals surface area contributed by atoms with E-state index in [0.717, 1.165) is 6.42 Å². The van der Waals surface area contributed by atoms with Crippen LogP contribution in [0, 0.1) is 5.82 Å². The Kier molecular flexibility index (Phi) is 10.1. The van der Waals surface area contributed by atoms with Gasteiger partial charge in [-0.15, -0.1) is 0 Å². The number of nitrogens with two attached hydrogens (primary N) is 2. The smallest absolute Gasteiger partial charge is 0.456 e. The molecule has 0 radical (unpaired) electrons. The molecule has 5 heterocycles. The van der Waals surface area contributed by atoms with Gasteiger partial charge in [-0.3, -0.25) is 14.7 Å². The molecule has 2 fully saturated rings. The Morgan fingerprint density at radius 3 is 2.61 bits per heavy atom. The summed E-state index contributed by atoms with van der Waals surface area (Å²) in [5.74, 6) is -3.60. The normalized spacial score (nSPS) is 24.8. The Labute approximate surface area is 295 Å². The van der Waals surface area contributed by atoms with Crippen molar-refractivity contribution in [3.8, 4) is 6.01 Å². The van der Waals surface area contributed by atoms with E-state index in [4.69, 9.17) is 44.1 Å². The molecule has 1 aromatic heterocycles. The number of ether oxygens (including phenoxy) is 2. The minimum absolute atomic E-state index is 0.0133. The lowest BCUT2D eigenvalue weighted by Gasteiger charge is -2.33. The number of rotatable bonds is 7. The van der Waals surface area contributed by atoms with Crippen molar-refractivity contribution in [2.24, 2.45) is 10.7 Å². The molecule has 278 valence electrons. The standard InChI is InChI=1S/C31H31Cl2F8N7O3/c32-16-7-17(42)24(35)21(22(16)30(36,37)38)20-8-18-15(12-50-20)27(46-28(45-18)51-13-29-3-1-6-48(29)10-14(34)9-29)47-5-2-4-44-19(11-47)23(33)25(43)26(49)31(39,40)41/h7,14,20H,1-6,8-13,42-43H2/b25-23+/t14-,20?,29+/m1/s1. The van der Waals surface area contributed by atoms with Crippen LogP contribution >= 0.6 is 23.2 Å². The number of anilines is 2. The average Bonchev–Trinajstić information content (AvgIpc) is 3.46. The van der Waals surface area contributed by atoms with Crippen molar-refractivity contribution >= 4 is 46.2 Å². The maximum atomic E-state index is 15.4. The first kappa shape index (κ1) is 37.3. The summed E-state index contributed by atoms with van der Waals surface area (Å²) in [7, 11) is 0. The molecule has 4 aliphatic heterocycles. The molecule has 0 amide bonds. The van der Waals surface area contributed by atoms with Gasteiger partial charge in [0.2, 0.25) is 0 Å². The van der Waals surface area contributed by atoms with Crippen LogP contribution in [-0.2, 0) is 28.7 Å². The predicted molar refractivity (Wildman–Crippen MR) is 170 cm³/mol. The molecule has 1 aromatic carbocycles. The summed E-state index contributed by atoms with van der Waals surface area (Å²) in [6, 6.07) is 0.432. The van der Waals surface area contributed by atoms with E-state index in [1.807, 2.05) is 4.90 Å². The highest BCUT2D eigenvalue weighted by Gasteiger charge is 2.50. The van der Waals surface area contributed by atoms with Gasteiger partial charge in [0.05, 0.1) is 57.5 Å². The topological polar surface area (TPSA) is 132 Å². The number of nitrogens with zero attached hydrogens (tertiary/aromatic N) is 5. The first-order valence-electron chi connectivity index (χ1n) is 15.8. The summed E-state index contributed by atoms with van der Waals surface area (Å²) in [6.45, 7) is 0.425. The minimum atomic E-state index is -5.30. The zero-order chi connectivity index (χ0) is 37.0. The molecule has 10 nitrogen and oxygen atoms in total. The van der Waals surface area contributed by atoms with Crippen molar-refractivity contribution in [1.82, 2.24) is 14.9 Å². The molecule has 6 rings (SSSR count). The molecule has 1 unspecified atom stereocenters. The van der Waals surface area contributed by atoms with Crippen LogP contribution in [0.4, 0.5) is 46.6 Å². The van der Waals surface area contributed by atoms with Gasteiger partial charge in [-0.25, -0.2) is 8.78 Å². The highest BCUT2D eigenvalue weighted by atomic mass is 35.5. The lowest BCUT2D eigenvalue weighted by atomic mass is 9.93. The highest BCUT2D eigenvalue weighted by molar-refractivity contribution is 6.46. The van der Waals surface area contributed by atoms with Crippen molar-refractivity contribution in [3.05, 3.63) is 50.0 Å². The third kappa shape index (κ3) is 7.28. The Balaban J connectivity index is 1.40. The van der Waals surface area contributed by atoms with Gasteiger partial charge in [0.25, 0.3) is 5.78 Å². The number of carbonyl (C=O) groups excluding carboxylic acids is 1. The summed E-state index contributed by atoms with van der Waals surface area (Å²) in [6.07, 6.45) is -11.4. The average molecular weight is 773 g/mol. The molecular weight excluding hydrogens is 741 g/mol. The van der Waals surface area contributed by atoms with Crippen molar-refractivity contribution in [2.75, 3.05) is 50.0 Å². The maximum Gasteiger partial charge on any atom is 0.456 e. The summed E-state index contributed by atoms with van der Waals surface area (Å²) >= 11 is 12.1. The van der Waals surface area contributed by atoms with Crippen LogP contribution in [0.3, 0.4) is 0 Å². The van der Waals surface area contributed by atoms with Crippen molar-refractivity contribution in [2.45, 2.75) is 68.9 Å². The number of aromatic nitrogens is 2. The number of alkyl halides is 7. The number of halogens is 10. The van der Waals surface area contributed by atoms with E-state index in [-0.39, 0.29) is 68.0 Å². The summed E-state index contributed by atoms with van der Waals surface area (Å²) in [5.41, 5.74) is 6.50. The highest BCUT2D eigenvalue weighted by Crippen LogP contribution is 2.46. The SMILES string of the molecule is N/C(C(=O)C(F)(F)F)=C(/Cl)C1=NCCCN(c2nc(OC[C@@]34CCCN3C[C@H](F)C4)nc3c2COC(c2c(F)c(N)cc(Cl)c2C(F)(F)F)C3)C1. The Morgan fingerprint density at radius 2 is 1.90 bits per heavy atom. The van der Waals surface area contributed by atoms with Crippen LogP contribution in [0.25, 0.3) is 0 Å². The monoisotopic (exact) mass is 771 g/mol. The lowest BCUT2D eigenvalue weighted by Crippen LogP contribution is -2.43. The zero-order valence-electron chi connectivity index (χ0n) is 26.6. The largest absolute Gasteiger partial charge is 0.461 e. The number of fused-ring (bicyclic) bond motifs is 2. The van der Waals surface area contributed by atoms with E-state index in [1.165, 1.54) is 0 Å². The van der Waals surface area contributed by atoms with Crippen LogP contribution < -0.4 is 21.1 Å². The number of aliphatic imine (C=N–C) groups is 1. The molecule has 2 aromatic rings. The van der Waals surface area contributed by atoms with Crippen molar-refractivity contribution in [3.63, 3.8) is 0 Å². The first-order valence-corrected chi connectivity index (χ1v) is 16.6. The van der Waals surface area contributed by atoms with Gasteiger partial charge in [0.1, 0.15) is 24.3 Å². The minimum Gasteiger partial charge on any atom is -0.461 e. The fourth-order valence-electron chi connectivity index (χ4n) is 7.16. The van der Waals surface area contributed by atoms with E-state index in [0.29, 0.717) is 25.5 Å². The van der Waals surface area contributed by atoms with E-state index in [9.17, 15) is 35.5 Å². The van der Waals surface area contributed by atoms with Crippen LogP contribution in [-0.4, -0.2) is 83.6 Å². The van der Waals surface area contributed by atoms with Gasteiger partial charge in [-0.1, -0.05) is 23.2 Å².